The van der Waals surface area contributed by atoms with Crippen molar-refractivity contribution >= 4 is 22.9 Å². The van der Waals surface area contributed by atoms with Gasteiger partial charge in [0.05, 0.1) is 5.69 Å². The molecule has 104 valence electrons. The van der Waals surface area contributed by atoms with Crippen LogP contribution in [0.5, 0.6) is 0 Å². The number of aryl methyl sites for hydroxylation is 1. The summed E-state index contributed by atoms with van der Waals surface area (Å²) in [6.45, 7) is 4.03. The Kier molecular flexibility index (Phi) is 4.35. The monoisotopic (exact) mass is 288 g/mol. The average Bonchev–Trinajstić information content (AvgIpc) is 2.41. The van der Waals surface area contributed by atoms with E-state index in [1.807, 2.05) is 38.1 Å². The topological polar surface area (TPSA) is 38.0 Å². The van der Waals surface area contributed by atoms with Crippen LogP contribution >= 0.6 is 12.2 Å². The van der Waals surface area contributed by atoms with Crippen LogP contribution in [-0.2, 0) is 0 Å². The van der Waals surface area contributed by atoms with Crippen molar-refractivity contribution in [1.82, 2.24) is 0 Å². The number of hydrogen-bond acceptors (Lipinski definition) is 2. The number of halogens is 1. The summed E-state index contributed by atoms with van der Waals surface area (Å²) in [5, 5.41) is 3.15. The lowest BCUT2D eigenvalue weighted by atomic mass is 10.1. The smallest absolute Gasteiger partial charge is 0.147 e. The summed E-state index contributed by atoms with van der Waals surface area (Å²) < 4.78 is 14.0. The number of thiocarbonyl (C=S) groups is 1. The van der Waals surface area contributed by atoms with E-state index in [-0.39, 0.29) is 16.8 Å². The highest BCUT2D eigenvalue weighted by atomic mass is 32.1. The fourth-order valence-corrected chi connectivity index (χ4v) is 2.08. The van der Waals surface area contributed by atoms with Gasteiger partial charge in [0.15, 0.2) is 0 Å². The number of nitrogens with two attached hydrogens (primary N) is 1. The Morgan fingerprint density at radius 3 is 2.40 bits per heavy atom. The molecule has 0 heterocycles. The maximum atomic E-state index is 14.0. The van der Waals surface area contributed by atoms with E-state index in [2.05, 4.69) is 5.32 Å². The van der Waals surface area contributed by atoms with Crippen LogP contribution in [-0.4, -0.2) is 4.99 Å². The predicted octanol–water partition coefficient (Wildman–Crippen LogP) is 3.94. The second-order valence-electron chi connectivity index (χ2n) is 4.84. The summed E-state index contributed by atoms with van der Waals surface area (Å²) in [7, 11) is 0. The first kappa shape index (κ1) is 14.5. The minimum Gasteiger partial charge on any atom is -0.389 e. The lowest BCUT2D eigenvalue weighted by Gasteiger charge is -2.17. The van der Waals surface area contributed by atoms with Gasteiger partial charge in [0.25, 0.3) is 0 Å². The molecule has 0 fully saturated rings. The van der Waals surface area contributed by atoms with E-state index in [9.17, 15) is 4.39 Å². The summed E-state index contributed by atoms with van der Waals surface area (Å²) >= 11 is 4.83. The first-order valence-corrected chi connectivity index (χ1v) is 6.80. The number of anilines is 1. The third-order valence-electron chi connectivity index (χ3n) is 3.20. The molecule has 1 unspecified atom stereocenters. The number of rotatable bonds is 4. The molecule has 0 spiro atoms. The molecule has 0 aromatic heterocycles. The van der Waals surface area contributed by atoms with Crippen LogP contribution < -0.4 is 11.1 Å². The molecule has 0 saturated carbocycles. The van der Waals surface area contributed by atoms with Gasteiger partial charge in [0.1, 0.15) is 10.8 Å². The Bertz CT molecular complexity index is 623. The summed E-state index contributed by atoms with van der Waals surface area (Å²) in [4.78, 5) is 0.196. The molecule has 2 rings (SSSR count). The summed E-state index contributed by atoms with van der Waals surface area (Å²) in [5.41, 5.74) is 8.77. The molecule has 2 nitrogen and oxygen atoms in total. The van der Waals surface area contributed by atoms with Gasteiger partial charge in [-0.2, -0.15) is 0 Å². The molecule has 20 heavy (non-hydrogen) atoms. The molecule has 2 aromatic carbocycles. The Morgan fingerprint density at radius 2 is 1.85 bits per heavy atom. The molecule has 0 amide bonds. The van der Waals surface area contributed by atoms with E-state index in [4.69, 9.17) is 18.0 Å². The minimum absolute atomic E-state index is 0.0146. The average molecular weight is 288 g/mol. The van der Waals surface area contributed by atoms with Gasteiger partial charge in [-0.25, -0.2) is 4.39 Å². The fourth-order valence-electron chi connectivity index (χ4n) is 1.96. The molecule has 0 aliphatic rings. The van der Waals surface area contributed by atoms with Gasteiger partial charge < -0.3 is 11.1 Å². The second kappa shape index (κ2) is 6.01. The molecule has 0 bridgehead atoms. The van der Waals surface area contributed by atoms with Crippen molar-refractivity contribution in [2.24, 2.45) is 5.73 Å². The number of nitrogens with one attached hydrogen (secondary N) is 1. The zero-order valence-electron chi connectivity index (χ0n) is 11.5. The third kappa shape index (κ3) is 3.33. The summed E-state index contributed by atoms with van der Waals surface area (Å²) in [6.07, 6.45) is 0. The van der Waals surface area contributed by atoms with Gasteiger partial charge >= 0.3 is 0 Å². The van der Waals surface area contributed by atoms with E-state index in [0.29, 0.717) is 11.3 Å². The quantitative estimate of drug-likeness (QED) is 0.837. The van der Waals surface area contributed by atoms with Crippen LogP contribution in [0, 0.1) is 12.7 Å². The Balaban J connectivity index is 2.17. The Labute approximate surface area is 123 Å². The predicted molar refractivity (Wildman–Crippen MR) is 85.5 cm³/mol. The van der Waals surface area contributed by atoms with Gasteiger partial charge in [-0.3, -0.25) is 0 Å². The molecule has 0 aliphatic heterocycles. The molecular weight excluding hydrogens is 271 g/mol. The second-order valence-corrected chi connectivity index (χ2v) is 5.28. The highest BCUT2D eigenvalue weighted by Gasteiger charge is 2.09. The molecule has 2 aromatic rings. The standard InChI is InChI=1S/C16H17FN2S/c1-10-3-5-12(6-4-10)11(2)19-15-8-7-13(16(18)20)9-14(15)17/h3-9,11,19H,1-2H3,(H2,18,20). The van der Waals surface area contributed by atoms with E-state index < -0.39 is 0 Å². The largest absolute Gasteiger partial charge is 0.389 e. The van der Waals surface area contributed by atoms with Crippen LogP contribution in [0.1, 0.15) is 29.7 Å². The molecule has 0 saturated heterocycles. The van der Waals surface area contributed by atoms with Gasteiger partial charge in [0, 0.05) is 11.6 Å². The Morgan fingerprint density at radius 1 is 1.20 bits per heavy atom. The summed E-state index contributed by atoms with van der Waals surface area (Å²) in [5.74, 6) is -0.353. The lowest BCUT2D eigenvalue weighted by Crippen LogP contribution is -2.11. The van der Waals surface area contributed by atoms with Crippen LogP contribution in [0.25, 0.3) is 0 Å². The van der Waals surface area contributed by atoms with Crippen molar-refractivity contribution in [1.29, 1.82) is 0 Å². The SMILES string of the molecule is Cc1ccc(C(C)Nc2ccc(C(N)=S)cc2F)cc1. The lowest BCUT2D eigenvalue weighted by molar-refractivity contribution is 0.627. The number of hydrogen-bond donors (Lipinski definition) is 2. The van der Waals surface area contributed by atoms with Crippen molar-refractivity contribution in [2.75, 3.05) is 5.32 Å². The highest BCUT2D eigenvalue weighted by molar-refractivity contribution is 7.80. The van der Waals surface area contributed by atoms with Crippen molar-refractivity contribution in [3.63, 3.8) is 0 Å². The third-order valence-corrected chi connectivity index (χ3v) is 3.44. The van der Waals surface area contributed by atoms with Crippen molar-refractivity contribution in [3.05, 3.63) is 65.0 Å². The van der Waals surface area contributed by atoms with Crippen LogP contribution in [0.3, 0.4) is 0 Å². The molecule has 4 heteroatoms. The molecule has 0 aliphatic carbocycles. The maximum absolute atomic E-state index is 14.0. The maximum Gasteiger partial charge on any atom is 0.147 e. The Hall–Kier alpha value is -1.94. The normalized spacial score (nSPS) is 11.9. The first-order chi connectivity index (χ1) is 9.47. The zero-order valence-corrected chi connectivity index (χ0v) is 12.3. The zero-order chi connectivity index (χ0) is 14.7. The summed E-state index contributed by atoms with van der Waals surface area (Å²) in [6, 6.07) is 12.9. The molecule has 1 atom stereocenters. The van der Waals surface area contributed by atoms with Crippen LogP contribution in [0.4, 0.5) is 10.1 Å². The van der Waals surface area contributed by atoms with E-state index in [0.717, 1.165) is 5.56 Å². The van der Waals surface area contributed by atoms with Crippen LogP contribution in [0.15, 0.2) is 42.5 Å². The highest BCUT2D eigenvalue weighted by Crippen LogP contribution is 2.22. The molecular formula is C16H17FN2S. The first-order valence-electron chi connectivity index (χ1n) is 6.40. The molecule has 0 radical (unpaired) electrons. The minimum atomic E-state index is -0.353. The van der Waals surface area contributed by atoms with E-state index in [1.165, 1.54) is 11.6 Å². The van der Waals surface area contributed by atoms with Gasteiger partial charge in [-0.15, -0.1) is 0 Å². The number of benzene rings is 2. The van der Waals surface area contributed by atoms with E-state index in [1.54, 1.807) is 12.1 Å². The molecule has 3 N–H and O–H groups in total. The van der Waals surface area contributed by atoms with Crippen molar-refractivity contribution in [2.45, 2.75) is 19.9 Å². The van der Waals surface area contributed by atoms with Crippen LogP contribution in [0.2, 0.25) is 0 Å². The van der Waals surface area contributed by atoms with Gasteiger partial charge in [0.2, 0.25) is 0 Å². The van der Waals surface area contributed by atoms with Crippen molar-refractivity contribution < 1.29 is 4.39 Å². The fraction of sp³-hybridized carbons (Fsp3) is 0.188. The van der Waals surface area contributed by atoms with Gasteiger partial charge in [-0.05, 0) is 37.6 Å². The van der Waals surface area contributed by atoms with Gasteiger partial charge in [-0.1, -0.05) is 42.0 Å². The van der Waals surface area contributed by atoms with E-state index >= 15 is 0 Å². The van der Waals surface area contributed by atoms with Crippen molar-refractivity contribution in [3.8, 4) is 0 Å².